The summed E-state index contributed by atoms with van der Waals surface area (Å²) in [5, 5.41) is 12.2. The van der Waals surface area contributed by atoms with Crippen molar-refractivity contribution in [2.45, 2.75) is 58.0 Å². The molecule has 1 aromatic rings. The van der Waals surface area contributed by atoms with E-state index in [1.165, 1.54) is 38.5 Å². The molecule has 1 N–H and O–H groups in total. The molecule has 0 aliphatic heterocycles. The van der Waals surface area contributed by atoms with Crippen LogP contribution in [-0.4, -0.2) is 6.04 Å². The predicted octanol–water partition coefficient (Wildman–Crippen LogP) is 3.60. The molecular weight excluding hydrogens is 224 g/mol. The summed E-state index contributed by atoms with van der Waals surface area (Å²) >= 11 is 0. The average molecular weight is 246 g/mol. The number of nitrogens with one attached hydrogen (secondary N) is 1. The van der Waals surface area contributed by atoms with Gasteiger partial charge in [-0.25, -0.2) is 0 Å². The standard InChI is InChI=1S/C15H22N2O/c1-12(13-6-4-2-3-5-7-13)17-11-15-9-8-14(10-16)18-15/h8-9,12-13,17H,2-7,11H2,1H3/t12-/m1/s1. The van der Waals surface area contributed by atoms with E-state index in [2.05, 4.69) is 12.2 Å². The minimum Gasteiger partial charge on any atom is -0.449 e. The molecule has 0 aromatic carbocycles. The second-order valence-electron chi connectivity index (χ2n) is 5.30. The van der Waals surface area contributed by atoms with E-state index in [9.17, 15) is 0 Å². The molecule has 0 radical (unpaired) electrons. The fourth-order valence-corrected chi connectivity index (χ4v) is 2.77. The summed E-state index contributed by atoms with van der Waals surface area (Å²) in [4.78, 5) is 0. The zero-order chi connectivity index (χ0) is 12.8. The van der Waals surface area contributed by atoms with Gasteiger partial charge >= 0.3 is 0 Å². The molecule has 1 aliphatic rings. The Balaban J connectivity index is 1.80. The van der Waals surface area contributed by atoms with Crippen molar-refractivity contribution in [3.05, 3.63) is 23.7 Å². The Morgan fingerprint density at radius 2 is 2.06 bits per heavy atom. The van der Waals surface area contributed by atoms with Gasteiger partial charge in [0.2, 0.25) is 5.76 Å². The molecule has 1 fully saturated rings. The first-order valence-corrected chi connectivity index (χ1v) is 7.02. The Kier molecular flexibility index (Phi) is 4.83. The van der Waals surface area contributed by atoms with Crippen LogP contribution in [0, 0.1) is 17.2 Å². The van der Waals surface area contributed by atoms with Crippen molar-refractivity contribution in [3.8, 4) is 6.07 Å². The van der Waals surface area contributed by atoms with E-state index >= 15 is 0 Å². The van der Waals surface area contributed by atoms with Crippen LogP contribution < -0.4 is 5.32 Å². The maximum atomic E-state index is 8.70. The highest BCUT2D eigenvalue weighted by Crippen LogP contribution is 2.25. The maximum absolute atomic E-state index is 8.70. The first-order chi connectivity index (χ1) is 8.79. The second kappa shape index (κ2) is 6.61. The van der Waals surface area contributed by atoms with Gasteiger partial charge in [-0.05, 0) is 37.8 Å². The fraction of sp³-hybridized carbons (Fsp3) is 0.667. The van der Waals surface area contributed by atoms with Crippen LogP contribution in [0.25, 0.3) is 0 Å². The van der Waals surface area contributed by atoms with Crippen molar-refractivity contribution in [2.75, 3.05) is 0 Å². The smallest absolute Gasteiger partial charge is 0.203 e. The van der Waals surface area contributed by atoms with E-state index in [1.807, 2.05) is 12.1 Å². The normalized spacial score (nSPS) is 19.1. The van der Waals surface area contributed by atoms with Gasteiger partial charge in [-0.3, -0.25) is 0 Å². The predicted molar refractivity (Wildman–Crippen MR) is 70.9 cm³/mol. The zero-order valence-corrected chi connectivity index (χ0v) is 11.1. The minimum absolute atomic E-state index is 0.397. The van der Waals surface area contributed by atoms with Gasteiger partial charge in [0.05, 0.1) is 6.54 Å². The summed E-state index contributed by atoms with van der Waals surface area (Å²) < 4.78 is 5.37. The van der Waals surface area contributed by atoms with Crippen LogP contribution in [0.15, 0.2) is 16.5 Å². The molecule has 3 nitrogen and oxygen atoms in total. The second-order valence-corrected chi connectivity index (χ2v) is 5.30. The van der Waals surface area contributed by atoms with Gasteiger partial charge in [0, 0.05) is 6.04 Å². The van der Waals surface area contributed by atoms with Gasteiger partial charge in [-0.1, -0.05) is 25.7 Å². The summed E-state index contributed by atoms with van der Waals surface area (Å²) in [7, 11) is 0. The Labute approximate surface area is 109 Å². The number of hydrogen-bond acceptors (Lipinski definition) is 3. The van der Waals surface area contributed by atoms with E-state index in [1.54, 1.807) is 6.07 Å². The largest absolute Gasteiger partial charge is 0.449 e. The lowest BCUT2D eigenvalue weighted by atomic mass is 9.93. The summed E-state index contributed by atoms with van der Waals surface area (Å²) in [6.07, 6.45) is 8.22. The molecule has 1 aromatic heterocycles. The third-order valence-corrected chi connectivity index (χ3v) is 3.98. The van der Waals surface area contributed by atoms with Gasteiger partial charge in [0.25, 0.3) is 0 Å². The van der Waals surface area contributed by atoms with Crippen molar-refractivity contribution in [2.24, 2.45) is 5.92 Å². The fourth-order valence-electron chi connectivity index (χ4n) is 2.77. The average Bonchev–Trinajstić information content (AvgIpc) is 2.68. The molecule has 0 bridgehead atoms. The molecule has 0 saturated heterocycles. The molecule has 2 rings (SSSR count). The molecule has 18 heavy (non-hydrogen) atoms. The molecule has 0 amide bonds. The van der Waals surface area contributed by atoms with Gasteiger partial charge in [-0.15, -0.1) is 0 Å². The Hall–Kier alpha value is -1.27. The number of rotatable bonds is 4. The van der Waals surface area contributed by atoms with Gasteiger partial charge in [-0.2, -0.15) is 5.26 Å². The van der Waals surface area contributed by atoms with E-state index in [0.29, 0.717) is 11.8 Å². The zero-order valence-electron chi connectivity index (χ0n) is 11.1. The molecule has 0 spiro atoms. The van der Waals surface area contributed by atoms with Crippen LogP contribution in [-0.2, 0) is 6.54 Å². The van der Waals surface area contributed by atoms with Crippen LogP contribution in [0.5, 0.6) is 0 Å². The number of nitriles is 1. The Morgan fingerprint density at radius 1 is 1.33 bits per heavy atom. The summed E-state index contributed by atoms with van der Waals surface area (Å²) in [6, 6.07) is 6.15. The van der Waals surface area contributed by atoms with Crippen LogP contribution >= 0.6 is 0 Å². The van der Waals surface area contributed by atoms with Crippen LogP contribution in [0.3, 0.4) is 0 Å². The van der Waals surface area contributed by atoms with Crippen LogP contribution in [0.2, 0.25) is 0 Å². The van der Waals surface area contributed by atoms with Crippen molar-refractivity contribution in [1.82, 2.24) is 5.32 Å². The van der Waals surface area contributed by atoms with Crippen molar-refractivity contribution in [1.29, 1.82) is 5.26 Å². The molecular formula is C15H22N2O. The third kappa shape index (κ3) is 3.61. The summed E-state index contributed by atoms with van der Waals surface area (Å²) in [6.45, 7) is 2.99. The number of furan rings is 1. The summed E-state index contributed by atoms with van der Waals surface area (Å²) in [5.74, 6) is 2.04. The molecule has 1 saturated carbocycles. The lowest BCUT2D eigenvalue weighted by Gasteiger charge is -2.23. The quantitative estimate of drug-likeness (QED) is 0.826. The van der Waals surface area contributed by atoms with Gasteiger partial charge in [0.1, 0.15) is 11.8 Å². The lowest BCUT2D eigenvalue weighted by Crippen LogP contribution is -2.32. The van der Waals surface area contributed by atoms with Crippen LogP contribution in [0.4, 0.5) is 0 Å². The Morgan fingerprint density at radius 3 is 2.67 bits per heavy atom. The van der Waals surface area contributed by atoms with E-state index in [4.69, 9.17) is 9.68 Å². The molecule has 1 atom stereocenters. The molecule has 0 unspecified atom stereocenters. The highest BCUT2D eigenvalue weighted by Gasteiger charge is 2.18. The third-order valence-electron chi connectivity index (χ3n) is 3.98. The van der Waals surface area contributed by atoms with Crippen molar-refractivity contribution in [3.63, 3.8) is 0 Å². The highest BCUT2D eigenvalue weighted by molar-refractivity contribution is 5.18. The molecule has 1 aliphatic carbocycles. The van der Waals surface area contributed by atoms with E-state index < -0.39 is 0 Å². The maximum Gasteiger partial charge on any atom is 0.203 e. The van der Waals surface area contributed by atoms with Crippen molar-refractivity contribution >= 4 is 0 Å². The topological polar surface area (TPSA) is 49.0 Å². The monoisotopic (exact) mass is 246 g/mol. The number of hydrogen-bond donors (Lipinski definition) is 1. The van der Waals surface area contributed by atoms with Gasteiger partial charge in [0.15, 0.2) is 0 Å². The minimum atomic E-state index is 0.397. The SMILES string of the molecule is C[C@@H](NCc1ccc(C#N)o1)C1CCCCCC1. The summed E-state index contributed by atoms with van der Waals surface area (Å²) in [5.41, 5.74) is 0. The van der Waals surface area contributed by atoms with Gasteiger partial charge < -0.3 is 9.73 Å². The van der Waals surface area contributed by atoms with Crippen LogP contribution in [0.1, 0.15) is 57.0 Å². The molecule has 1 heterocycles. The van der Waals surface area contributed by atoms with E-state index in [0.717, 1.165) is 18.2 Å². The first kappa shape index (κ1) is 13.2. The Bertz CT molecular complexity index is 397. The number of nitrogens with zero attached hydrogens (tertiary/aromatic N) is 1. The lowest BCUT2D eigenvalue weighted by molar-refractivity contribution is 0.325. The van der Waals surface area contributed by atoms with E-state index in [-0.39, 0.29) is 0 Å². The highest BCUT2D eigenvalue weighted by atomic mass is 16.3. The molecule has 3 heteroatoms. The van der Waals surface area contributed by atoms with Crippen molar-refractivity contribution < 1.29 is 4.42 Å². The molecule has 98 valence electrons. The first-order valence-electron chi connectivity index (χ1n) is 7.02.